The number of pyridine rings is 1. The fourth-order valence-electron chi connectivity index (χ4n) is 3.14. The maximum atomic E-state index is 12.8. The molecule has 0 unspecified atom stereocenters. The van der Waals surface area contributed by atoms with Crippen molar-refractivity contribution in [2.45, 2.75) is 25.7 Å². The number of aromatic nitrogens is 4. The predicted octanol–water partition coefficient (Wildman–Crippen LogP) is 2.22. The zero-order valence-electron chi connectivity index (χ0n) is 12.2. The van der Waals surface area contributed by atoms with E-state index < -0.39 is 0 Å². The molecule has 0 saturated heterocycles. The predicted molar refractivity (Wildman–Crippen MR) is 85.6 cm³/mol. The molecule has 4 rings (SSSR count). The molecule has 3 aromatic rings. The Balaban J connectivity index is 2.00. The van der Waals surface area contributed by atoms with Gasteiger partial charge in [0.25, 0.3) is 5.56 Å². The SMILES string of the molecule is O=Cc1c(Cl)ccnc1-n1cnn2c3c(cc2c1=O)CCCC3. The van der Waals surface area contributed by atoms with Crippen LogP contribution in [0.3, 0.4) is 0 Å². The smallest absolute Gasteiger partial charge is 0.283 e. The third-order valence-electron chi connectivity index (χ3n) is 4.26. The summed E-state index contributed by atoms with van der Waals surface area (Å²) in [5.41, 5.74) is 2.70. The van der Waals surface area contributed by atoms with E-state index in [2.05, 4.69) is 10.1 Å². The summed E-state index contributed by atoms with van der Waals surface area (Å²) in [5.74, 6) is 0.201. The number of aryl methyl sites for hydroxylation is 2. The summed E-state index contributed by atoms with van der Waals surface area (Å²) in [7, 11) is 0. The lowest BCUT2D eigenvalue weighted by Crippen LogP contribution is -2.23. The topological polar surface area (TPSA) is 69.3 Å². The highest BCUT2D eigenvalue weighted by Crippen LogP contribution is 2.23. The molecule has 6 nitrogen and oxygen atoms in total. The number of nitrogens with zero attached hydrogens (tertiary/aromatic N) is 4. The second-order valence-electron chi connectivity index (χ2n) is 5.57. The second-order valence-corrected chi connectivity index (χ2v) is 5.98. The van der Waals surface area contributed by atoms with Crippen LogP contribution in [-0.4, -0.2) is 25.5 Å². The molecule has 7 heteroatoms. The van der Waals surface area contributed by atoms with E-state index in [-0.39, 0.29) is 22.0 Å². The molecular weight excluding hydrogens is 316 g/mol. The second kappa shape index (κ2) is 5.31. The van der Waals surface area contributed by atoms with E-state index >= 15 is 0 Å². The Morgan fingerprint density at radius 2 is 2.09 bits per heavy atom. The van der Waals surface area contributed by atoms with E-state index in [0.717, 1.165) is 31.4 Å². The summed E-state index contributed by atoms with van der Waals surface area (Å²) in [5, 5.41) is 4.63. The molecule has 1 aliphatic carbocycles. The van der Waals surface area contributed by atoms with Crippen LogP contribution in [0.2, 0.25) is 5.02 Å². The lowest BCUT2D eigenvalue weighted by molar-refractivity contribution is 0.112. The normalized spacial score (nSPS) is 14.0. The van der Waals surface area contributed by atoms with Gasteiger partial charge in [0, 0.05) is 11.9 Å². The number of carbonyl (C=O) groups excluding carboxylic acids is 1. The van der Waals surface area contributed by atoms with Gasteiger partial charge in [0.15, 0.2) is 12.1 Å². The molecule has 0 amide bonds. The molecule has 3 aromatic heterocycles. The lowest BCUT2D eigenvalue weighted by Gasteiger charge is -2.11. The molecule has 0 N–H and O–H groups in total. The van der Waals surface area contributed by atoms with E-state index in [0.29, 0.717) is 11.8 Å². The van der Waals surface area contributed by atoms with Gasteiger partial charge in [0.05, 0.1) is 10.6 Å². The first-order valence-corrected chi connectivity index (χ1v) is 7.79. The van der Waals surface area contributed by atoms with E-state index in [1.165, 1.54) is 28.7 Å². The summed E-state index contributed by atoms with van der Waals surface area (Å²) >= 11 is 6.02. The van der Waals surface area contributed by atoms with E-state index in [9.17, 15) is 9.59 Å². The van der Waals surface area contributed by atoms with Crippen LogP contribution in [0, 0.1) is 0 Å². The maximum absolute atomic E-state index is 12.8. The summed E-state index contributed by atoms with van der Waals surface area (Å²) in [6, 6.07) is 3.41. The molecule has 116 valence electrons. The van der Waals surface area contributed by atoms with Crippen molar-refractivity contribution in [3.05, 3.63) is 56.9 Å². The maximum Gasteiger partial charge on any atom is 0.283 e. The van der Waals surface area contributed by atoms with Crippen LogP contribution < -0.4 is 5.56 Å². The van der Waals surface area contributed by atoms with E-state index in [1.807, 2.05) is 6.07 Å². The highest BCUT2D eigenvalue weighted by atomic mass is 35.5. The third kappa shape index (κ3) is 2.09. The number of hydrogen-bond acceptors (Lipinski definition) is 4. The third-order valence-corrected chi connectivity index (χ3v) is 4.59. The van der Waals surface area contributed by atoms with Crippen molar-refractivity contribution in [3.8, 4) is 5.82 Å². The van der Waals surface area contributed by atoms with Crippen molar-refractivity contribution in [1.82, 2.24) is 19.2 Å². The molecule has 0 spiro atoms. The average Bonchev–Trinajstić information content (AvgIpc) is 2.95. The molecule has 1 aliphatic rings. The van der Waals surface area contributed by atoms with Gasteiger partial charge in [0.2, 0.25) is 0 Å². The van der Waals surface area contributed by atoms with E-state index in [1.54, 1.807) is 4.52 Å². The summed E-state index contributed by atoms with van der Waals surface area (Å²) in [4.78, 5) is 28.2. The minimum atomic E-state index is -0.257. The largest absolute Gasteiger partial charge is 0.298 e. The lowest BCUT2D eigenvalue weighted by atomic mass is 9.98. The van der Waals surface area contributed by atoms with Gasteiger partial charge in [-0.05, 0) is 43.4 Å². The minimum Gasteiger partial charge on any atom is -0.298 e. The Kier molecular flexibility index (Phi) is 3.27. The number of hydrogen-bond donors (Lipinski definition) is 0. The van der Waals surface area contributed by atoms with Gasteiger partial charge in [-0.2, -0.15) is 5.10 Å². The quantitative estimate of drug-likeness (QED) is 0.676. The van der Waals surface area contributed by atoms with Crippen LogP contribution in [0.1, 0.15) is 34.5 Å². The van der Waals surface area contributed by atoms with Crippen molar-refractivity contribution >= 4 is 23.4 Å². The molecule has 0 bridgehead atoms. The van der Waals surface area contributed by atoms with Crippen LogP contribution >= 0.6 is 11.6 Å². The van der Waals surface area contributed by atoms with Gasteiger partial charge in [-0.25, -0.2) is 14.1 Å². The molecule has 0 aliphatic heterocycles. The molecule has 0 saturated carbocycles. The van der Waals surface area contributed by atoms with Gasteiger partial charge in [-0.15, -0.1) is 0 Å². The number of halogens is 1. The van der Waals surface area contributed by atoms with Crippen molar-refractivity contribution < 1.29 is 4.79 Å². The van der Waals surface area contributed by atoms with Crippen molar-refractivity contribution in [3.63, 3.8) is 0 Å². The molecule has 23 heavy (non-hydrogen) atoms. The van der Waals surface area contributed by atoms with Gasteiger partial charge in [0.1, 0.15) is 11.8 Å². The molecule has 0 aromatic carbocycles. The summed E-state index contributed by atoms with van der Waals surface area (Å²) in [6.45, 7) is 0. The summed E-state index contributed by atoms with van der Waals surface area (Å²) in [6.07, 6.45) is 7.59. The van der Waals surface area contributed by atoms with Crippen molar-refractivity contribution in [1.29, 1.82) is 0 Å². The molecule has 0 atom stereocenters. The van der Waals surface area contributed by atoms with Crippen molar-refractivity contribution in [2.24, 2.45) is 0 Å². The van der Waals surface area contributed by atoms with E-state index in [4.69, 9.17) is 11.6 Å². The highest BCUT2D eigenvalue weighted by molar-refractivity contribution is 6.33. The molecular formula is C16H13ClN4O2. The minimum absolute atomic E-state index is 0.179. The van der Waals surface area contributed by atoms with Crippen LogP contribution in [0.15, 0.2) is 29.5 Å². The fraction of sp³-hybridized carbons (Fsp3) is 0.250. The monoisotopic (exact) mass is 328 g/mol. The Hall–Kier alpha value is -2.47. The summed E-state index contributed by atoms with van der Waals surface area (Å²) < 4.78 is 2.98. The standard InChI is InChI=1S/C16H13ClN4O2/c17-12-5-6-18-15(11(12)8-22)20-9-19-21-13-4-2-1-3-10(13)7-14(21)16(20)23/h5-9H,1-4H2. The fourth-order valence-corrected chi connectivity index (χ4v) is 3.32. The van der Waals surface area contributed by atoms with Gasteiger partial charge < -0.3 is 0 Å². The first-order valence-electron chi connectivity index (χ1n) is 7.42. The van der Waals surface area contributed by atoms with Crippen LogP contribution in [0.5, 0.6) is 0 Å². The molecule has 0 fully saturated rings. The Labute approximate surface area is 136 Å². The first-order chi connectivity index (χ1) is 11.2. The van der Waals surface area contributed by atoms with Crippen LogP contribution in [0.4, 0.5) is 0 Å². The van der Waals surface area contributed by atoms with Gasteiger partial charge in [-0.1, -0.05) is 11.6 Å². The average molecular weight is 329 g/mol. The Morgan fingerprint density at radius 3 is 2.91 bits per heavy atom. The van der Waals surface area contributed by atoms with Crippen LogP contribution in [-0.2, 0) is 12.8 Å². The number of aldehydes is 1. The number of fused-ring (bicyclic) bond motifs is 3. The Morgan fingerprint density at radius 1 is 1.26 bits per heavy atom. The van der Waals surface area contributed by atoms with Crippen molar-refractivity contribution in [2.75, 3.05) is 0 Å². The molecule has 3 heterocycles. The highest BCUT2D eigenvalue weighted by Gasteiger charge is 2.19. The number of carbonyl (C=O) groups is 1. The first kappa shape index (κ1) is 14.1. The zero-order valence-corrected chi connectivity index (χ0v) is 13.0. The van der Waals surface area contributed by atoms with Gasteiger partial charge >= 0.3 is 0 Å². The Bertz CT molecular complexity index is 990. The zero-order chi connectivity index (χ0) is 16.0. The number of rotatable bonds is 2. The van der Waals surface area contributed by atoms with Gasteiger partial charge in [-0.3, -0.25) is 9.59 Å². The van der Waals surface area contributed by atoms with Crippen LogP contribution in [0.25, 0.3) is 11.3 Å². The molecule has 0 radical (unpaired) electrons.